The number of nitrogens with zero attached hydrogens (tertiary/aromatic N) is 1. The van der Waals surface area contributed by atoms with Crippen LogP contribution in [0, 0.1) is 0 Å². The zero-order valence-electron chi connectivity index (χ0n) is 13.9. The molecular formula is C20H22BrNO2. The standard InChI is InChI=1S/C20H22BrNO2/c1-24-18-11-10-16(14-17(18)21)20(23)19(15-8-4-2-5-9-15)22-12-6-3-7-13-22/h2,4-5,8-11,14,19H,3,6-7,12-13H2,1H3. The normalized spacial score (nSPS) is 16.6. The number of rotatable bonds is 5. The molecule has 24 heavy (non-hydrogen) atoms. The highest BCUT2D eigenvalue weighted by Crippen LogP contribution is 2.31. The van der Waals surface area contributed by atoms with Gasteiger partial charge in [-0.05, 0) is 65.6 Å². The Morgan fingerprint density at radius 1 is 1.08 bits per heavy atom. The third-order valence-electron chi connectivity index (χ3n) is 4.56. The Kier molecular flexibility index (Phi) is 5.69. The lowest BCUT2D eigenvalue weighted by Crippen LogP contribution is -2.38. The summed E-state index contributed by atoms with van der Waals surface area (Å²) in [5.74, 6) is 0.882. The van der Waals surface area contributed by atoms with E-state index in [2.05, 4.69) is 33.0 Å². The molecule has 0 aromatic heterocycles. The minimum atomic E-state index is -0.216. The summed E-state index contributed by atoms with van der Waals surface area (Å²) < 4.78 is 6.08. The molecule has 2 aromatic carbocycles. The van der Waals surface area contributed by atoms with Crippen LogP contribution >= 0.6 is 15.9 Å². The molecule has 1 heterocycles. The van der Waals surface area contributed by atoms with Crippen LogP contribution < -0.4 is 4.74 Å². The fraction of sp³-hybridized carbons (Fsp3) is 0.350. The van der Waals surface area contributed by atoms with Crippen molar-refractivity contribution in [2.75, 3.05) is 20.2 Å². The number of benzene rings is 2. The maximum Gasteiger partial charge on any atom is 0.184 e. The highest BCUT2D eigenvalue weighted by Gasteiger charge is 2.29. The van der Waals surface area contributed by atoms with E-state index in [0.29, 0.717) is 5.56 Å². The number of methoxy groups -OCH3 is 1. The third-order valence-corrected chi connectivity index (χ3v) is 5.18. The van der Waals surface area contributed by atoms with Gasteiger partial charge in [-0.15, -0.1) is 0 Å². The second-order valence-electron chi connectivity index (χ2n) is 6.12. The van der Waals surface area contributed by atoms with E-state index in [1.807, 2.05) is 36.4 Å². The summed E-state index contributed by atoms with van der Waals surface area (Å²) in [6.45, 7) is 1.95. The first kappa shape index (κ1) is 17.2. The fourth-order valence-corrected chi connectivity index (χ4v) is 3.86. The van der Waals surface area contributed by atoms with Crippen molar-refractivity contribution in [3.05, 3.63) is 64.1 Å². The average molecular weight is 388 g/mol. The lowest BCUT2D eigenvalue weighted by Gasteiger charge is -2.34. The largest absolute Gasteiger partial charge is 0.496 e. The first-order valence-corrected chi connectivity index (χ1v) is 9.17. The van der Waals surface area contributed by atoms with Crippen molar-refractivity contribution in [3.8, 4) is 5.75 Å². The molecule has 0 radical (unpaired) electrons. The lowest BCUT2D eigenvalue weighted by molar-refractivity contribution is 0.0782. The topological polar surface area (TPSA) is 29.5 Å². The number of ketones is 1. The van der Waals surface area contributed by atoms with Gasteiger partial charge in [0.1, 0.15) is 5.75 Å². The van der Waals surface area contributed by atoms with Crippen molar-refractivity contribution in [1.29, 1.82) is 0 Å². The molecule has 3 nitrogen and oxygen atoms in total. The Morgan fingerprint density at radius 2 is 1.79 bits per heavy atom. The Hall–Kier alpha value is -1.65. The van der Waals surface area contributed by atoms with Gasteiger partial charge >= 0.3 is 0 Å². The molecule has 1 aliphatic rings. The van der Waals surface area contributed by atoms with Crippen LogP contribution in [0.5, 0.6) is 5.75 Å². The first-order chi connectivity index (χ1) is 11.7. The number of piperidine rings is 1. The molecule has 1 fully saturated rings. The maximum atomic E-state index is 13.3. The van der Waals surface area contributed by atoms with E-state index in [-0.39, 0.29) is 11.8 Å². The van der Waals surface area contributed by atoms with E-state index in [1.54, 1.807) is 7.11 Å². The third kappa shape index (κ3) is 3.70. The average Bonchev–Trinajstić information content (AvgIpc) is 2.63. The summed E-state index contributed by atoms with van der Waals surface area (Å²) in [4.78, 5) is 15.6. The molecule has 4 heteroatoms. The van der Waals surface area contributed by atoms with Crippen molar-refractivity contribution in [2.24, 2.45) is 0 Å². The second-order valence-corrected chi connectivity index (χ2v) is 6.98. The van der Waals surface area contributed by atoms with E-state index in [1.165, 1.54) is 6.42 Å². The number of carbonyl (C=O) groups is 1. The van der Waals surface area contributed by atoms with Gasteiger partial charge in [-0.1, -0.05) is 36.8 Å². The highest BCUT2D eigenvalue weighted by molar-refractivity contribution is 9.10. The molecule has 0 spiro atoms. The minimum absolute atomic E-state index is 0.145. The summed E-state index contributed by atoms with van der Waals surface area (Å²) in [7, 11) is 1.63. The molecule has 0 amide bonds. The summed E-state index contributed by atoms with van der Waals surface area (Å²) in [6, 6.07) is 15.4. The number of ether oxygens (including phenoxy) is 1. The van der Waals surface area contributed by atoms with Gasteiger partial charge in [0, 0.05) is 5.56 Å². The van der Waals surface area contributed by atoms with Crippen molar-refractivity contribution in [3.63, 3.8) is 0 Å². The molecule has 0 N–H and O–H groups in total. The second kappa shape index (κ2) is 7.95. The van der Waals surface area contributed by atoms with Gasteiger partial charge in [0.05, 0.1) is 17.6 Å². The van der Waals surface area contributed by atoms with Crippen molar-refractivity contribution in [1.82, 2.24) is 4.90 Å². The van der Waals surface area contributed by atoms with Crippen LogP contribution in [0.25, 0.3) is 0 Å². The molecule has 0 bridgehead atoms. The van der Waals surface area contributed by atoms with Crippen LogP contribution in [0.15, 0.2) is 53.0 Å². The van der Waals surface area contributed by atoms with Crippen LogP contribution in [0.4, 0.5) is 0 Å². The Morgan fingerprint density at radius 3 is 2.42 bits per heavy atom. The number of hydrogen-bond donors (Lipinski definition) is 0. The van der Waals surface area contributed by atoms with Crippen molar-refractivity contribution < 1.29 is 9.53 Å². The quantitative estimate of drug-likeness (QED) is 0.685. The number of hydrogen-bond acceptors (Lipinski definition) is 3. The van der Waals surface area contributed by atoms with Crippen LogP contribution in [-0.2, 0) is 0 Å². The number of carbonyl (C=O) groups excluding carboxylic acids is 1. The highest BCUT2D eigenvalue weighted by atomic mass is 79.9. The van der Waals surface area contributed by atoms with Crippen molar-refractivity contribution in [2.45, 2.75) is 25.3 Å². The summed E-state index contributed by atoms with van der Waals surface area (Å²) in [5.41, 5.74) is 1.78. The predicted molar refractivity (Wildman–Crippen MR) is 99.6 cm³/mol. The molecule has 1 atom stereocenters. The minimum Gasteiger partial charge on any atom is -0.496 e. The summed E-state index contributed by atoms with van der Waals surface area (Å²) in [6.07, 6.45) is 3.56. The maximum absolute atomic E-state index is 13.3. The Bertz CT molecular complexity index is 696. The predicted octanol–water partition coefficient (Wildman–Crippen LogP) is 4.87. The van der Waals surface area contributed by atoms with E-state index in [9.17, 15) is 4.79 Å². The molecule has 126 valence electrons. The van der Waals surface area contributed by atoms with Crippen LogP contribution in [-0.4, -0.2) is 30.9 Å². The summed E-state index contributed by atoms with van der Waals surface area (Å²) >= 11 is 3.49. The van der Waals surface area contributed by atoms with Gasteiger partial charge in [0.25, 0.3) is 0 Å². The fourth-order valence-electron chi connectivity index (χ4n) is 3.32. The Balaban J connectivity index is 1.95. The molecule has 0 aliphatic carbocycles. The molecule has 2 aromatic rings. The molecule has 0 saturated carbocycles. The van der Waals surface area contributed by atoms with E-state index in [0.717, 1.165) is 41.7 Å². The van der Waals surface area contributed by atoms with Gasteiger partial charge in [-0.25, -0.2) is 0 Å². The van der Waals surface area contributed by atoms with E-state index < -0.39 is 0 Å². The molecule has 1 unspecified atom stereocenters. The molecule has 1 aliphatic heterocycles. The van der Waals surface area contributed by atoms with Crippen LogP contribution in [0.2, 0.25) is 0 Å². The molecule has 3 rings (SSSR count). The first-order valence-electron chi connectivity index (χ1n) is 8.37. The van der Waals surface area contributed by atoms with Gasteiger partial charge in [-0.2, -0.15) is 0 Å². The van der Waals surface area contributed by atoms with Gasteiger partial charge < -0.3 is 4.74 Å². The smallest absolute Gasteiger partial charge is 0.184 e. The van der Waals surface area contributed by atoms with Gasteiger partial charge in [-0.3, -0.25) is 9.69 Å². The van der Waals surface area contributed by atoms with E-state index in [4.69, 9.17) is 4.74 Å². The number of halogens is 1. The van der Waals surface area contributed by atoms with Crippen LogP contribution in [0.3, 0.4) is 0 Å². The molecular weight excluding hydrogens is 366 g/mol. The van der Waals surface area contributed by atoms with Crippen molar-refractivity contribution >= 4 is 21.7 Å². The molecule has 1 saturated heterocycles. The lowest BCUT2D eigenvalue weighted by atomic mass is 9.94. The number of Topliss-reactive ketones (excluding diaryl/α,β-unsaturated/α-hetero) is 1. The van der Waals surface area contributed by atoms with Gasteiger partial charge in [0.2, 0.25) is 0 Å². The van der Waals surface area contributed by atoms with Gasteiger partial charge in [0.15, 0.2) is 5.78 Å². The zero-order chi connectivity index (χ0) is 16.9. The van der Waals surface area contributed by atoms with Crippen LogP contribution in [0.1, 0.15) is 41.2 Å². The summed E-state index contributed by atoms with van der Waals surface area (Å²) in [5, 5.41) is 0. The monoisotopic (exact) mass is 387 g/mol. The zero-order valence-corrected chi connectivity index (χ0v) is 15.5. The van der Waals surface area contributed by atoms with E-state index >= 15 is 0 Å². The SMILES string of the molecule is COc1ccc(C(=O)C(c2ccccc2)N2CCCCC2)cc1Br. The number of likely N-dealkylation sites (tertiary alicyclic amines) is 1. The Labute approximate surface area is 151 Å².